The van der Waals surface area contributed by atoms with E-state index < -0.39 is 0 Å². The number of ether oxygens (including phenoxy) is 1. The number of rotatable bonds is 4. The normalized spacial score (nSPS) is 10.2. The molecule has 0 bridgehead atoms. The first-order chi connectivity index (χ1) is 8.29. The molecule has 2 rings (SSSR count). The Hall–Kier alpha value is -1.58. The summed E-state index contributed by atoms with van der Waals surface area (Å²) >= 11 is 6.01. The van der Waals surface area contributed by atoms with Gasteiger partial charge in [0.2, 0.25) is 5.88 Å². The third kappa shape index (κ3) is 3.19. The minimum atomic E-state index is -0.0940. The first-order valence-electron chi connectivity index (χ1n) is 5.22. The number of halogens is 1. The van der Waals surface area contributed by atoms with Gasteiger partial charge >= 0.3 is 0 Å². The minimum Gasteiger partial charge on any atom is -0.473 e. The van der Waals surface area contributed by atoms with E-state index in [1.807, 2.05) is 24.3 Å². The van der Waals surface area contributed by atoms with Gasteiger partial charge in [0.15, 0.2) is 0 Å². The summed E-state index contributed by atoms with van der Waals surface area (Å²) in [6.45, 7) is 0.269. The van der Waals surface area contributed by atoms with Crippen LogP contribution < -0.4 is 4.74 Å². The molecule has 0 aliphatic rings. The fourth-order valence-electron chi connectivity index (χ4n) is 1.39. The zero-order chi connectivity index (χ0) is 12.1. The molecule has 0 radical (unpaired) electrons. The van der Waals surface area contributed by atoms with Gasteiger partial charge in [0, 0.05) is 16.7 Å². The van der Waals surface area contributed by atoms with Gasteiger partial charge < -0.3 is 9.84 Å². The Kier molecular flexibility index (Phi) is 3.96. The largest absolute Gasteiger partial charge is 0.473 e. The van der Waals surface area contributed by atoms with Crippen LogP contribution in [0.15, 0.2) is 42.5 Å². The van der Waals surface area contributed by atoms with Crippen molar-refractivity contribution in [2.24, 2.45) is 0 Å². The van der Waals surface area contributed by atoms with Crippen molar-refractivity contribution >= 4 is 11.6 Å². The van der Waals surface area contributed by atoms with Crippen LogP contribution in [-0.4, -0.2) is 10.1 Å². The lowest BCUT2D eigenvalue weighted by molar-refractivity contribution is 0.266. The molecule has 1 aromatic heterocycles. The lowest BCUT2D eigenvalue weighted by Gasteiger charge is -2.07. The number of hydrogen-bond acceptors (Lipinski definition) is 3. The molecule has 0 unspecified atom stereocenters. The fourth-order valence-corrected chi connectivity index (χ4v) is 1.58. The molecule has 0 saturated heterocycles. The molecule has 1 aromatic carbocycles. The van der Waals surface area contributed by atoms with Crippen LogP contribution in [-0.2, 0) is 13.2 Å². The molecular formula is C13H12ClNO2. The molecule has 1 heterocycles. The summed E-state index contributed by atoms with van der Waals surface area (Å²) in [6, 6.07) is 12.8. The second-order valence-corrected chi connectivity index (χ2v) is 3.91. The summed E-state index contributed by atoms with van der Waals surface area (Å²) in [5.41, 5.74) is 1.49. The van der Waals surface area contributed by atoms with Gasteiger partial charge in [0.1, 0.15) is 6.61 Å². The van der Waals surface area contributed by atoms with Crippen LogP contribution in [0.1, 0.15) is 11.3 Å². The number of aliphatic hydroxyl groups is 1. The Morgan fingerprint density at radius 1 is 1.12 bits per heavy atom. The Morgan fingerprint density at radius 2 is 1.94 bits per heavy atom. The van der Waals surface area contributed by atoms with Crippen molar-refractivity contribution in [1.82, 2.24) is 4.98 Å². The van der Waals surface area contributed by atoms with Crippen LogP contribution in [0.2, 0.25) is 5.02 Å². The van der Waals surface area contributed by atoms with E-state index in [2.05, 4.69) is 4.98 Å². The van der Waals surface area contributed by atoms with Gasteiger partial charge in [-0.15, -0.1) is 0 Å². The number of aromatic nitrogens is 1. The van der Waals surface area contributed by atoms with Gasteiger partial charge in [-0.25, -0.2) is 4.98 Å². The van der Waals surface area contributed by atoms with Crippen LogP contribution in [0.5, 0.6) is 5.88 Å². The predicted octanol–water partition coefficient (Wildman–Crippen LogP) is 2.81. The second-order valence-electron chi connectivity index (χ2n) is 3.51. The van der Waals surface area contributed by atoms with Crippen LogP contribution >= 0.6 is 11.6 Å². The average molecular weight is 250 g/mol. The van der Waals surface area contributed by atoms with Crippen molar-refractivity contribution in [3.05, 3.63) is 58.7 Å². The van der Waals surface area contributed by atoms with E-state index in [0.717, 1.165) is 5.56 Å². The second kappa shape index (κ2) is 5.66. The quantitative estimate of drug-likeness (QED) is 0.906. The maximum atomic E-state index is 8.95. The molecule has 0 spiro atoms. The van der Waals surface area contributed by atoms with Gasteiger partial charge in [-0.2, -0.15) is 0 Å². The molecular weight excluding hydrogens is 238 g/mol. The lowest BCUT2D eigenvalue weighted by Crippen LogP contribution is -1.99. The Balaban J connectivity index is 2.05. The number of hydrogen-bond donors (Lipinski definition) is 1. The van der Waals surface area contributed by atoms with Gasteiger partial charge in [-0.3, -0.25) is 0 Å². The lowest BCUT2D eigenvalue weighted by atomic mass is 10.2. The zero-order valence-electron chi connectivity index (χ0n) is 9.14. The van der Waals surface area contributed by atoms with E-state index in [4.69, 9.17) is 21.4 Å². The molecule has 88 valence electrons. The molecule has 2 aromatic rings. The Labute approximate surface area is 105 Å². The van der Waals surface area contributed by atoms with Gasteiger partial charge in [0.25, 0.3) is 0 Å². The number of pyridine rings is 1. The number of benzene rings is 1. The average Bonchev–Trinajstić information content (AvgIpc) is 2.38. The van der Waals surface area contributed by atoms with E-state index in [-0.39, 0.29) is 6.61 Å². The van der Waals surface area contributed by atoms with E-state index in [0.29, 0.717) is 23.2 Å². The molecule has 0 saturated carbocycles. The van der Waals surface area contributed by atoms with Crippen molar-refractivity contribution in [2.45, 2.75) is 13.2 Å². The Bertz CT molecular complexity index is 502. The first-order valence-corrected chi connectivity index (χ1v) is 5.60. The molecule has 17 heavy (non-hydrogen) atoms. The van der Waals surface area contributed by atoms with Crippen molar-refractivity contribution in [2.75, 3.05) is 0 Å². The van der Waals surface area contributed by atoms with Crippen LogP contribution in [0, 0.1) is 0 Å². The Morgan fingerprint density at radius 3 is 2.71 bits per heavy atom. The highest BCUT2D eigenvalue weighted by atomic mass is 35.5. The molecule has 0 aliphatic heterocycles. The van der Waals surface area contributed by atoms with Gasteiger partial charge in [-0.1, -0.05) is 35.9 Å². The molecule has 4 heteroatoms. The van der Waals surface area contributed by atoms with Crippen LogP contribution in [0.25, 0.3) is 0 Å². The maximum absolute atomic E-state index is 8.95. The molecule has 3 nitrogen and oxygen atoms in total. The highest BCUT2D eigenvalue weighted by molar-refractivity contribution is 6.31. The van der Waals surface area contributed by atoms with Crippen LogP contribution in [0.4, 0.5) is 0 Å². The maximum Gasteiger partial charge on any atom is 0.213 e. The molecule has 0 atom stereocenters. The standard InChI is InChI=1S/C13H12ClNO2/c14-12-6-2-1-4-10(12)9-17-13-7-3-5-11(8-16)15-13/h1-7,16H,8-9H2. The highest BCUT2D eigenvalue weighted by Gasteiger charge is 2.01. The van der Waals surface area contributed by atoms with E-state index in [1.54, 1.807) is 18.2 Å². The smallest absolute Gasteiger partial charge is 0.213 e. The molecule has 1 N–H and O–H groups in total. The summed E-state index contributed by atoms with van der Waals surface area (Å²) in [4.78, 5) is 4.12. The summed E-state index contributed by atoms with van der Waals surface area (Å²) in [7, 11) is 0. The minimum absolute atomic E-state index is 0.0940. The zero-order valence-corrected chi connectivity index (χ0v) is 9.89. The summed E-state index contributed by atoms with van der Waals surface area (Å²) in [6.07, 6.45) is 0. The van der Waals surface area contributed by atoms with Crippen molar-refractivity contribution in [1.29, 1.82) is 0 Å². The topological polar surface area (TPSA) is 42.4 Å². The number of nitrogens with zero attached hydrogens (tertiary/aromatic N) is 1. The van der Waals surface area contributed by atoms with Crippen molar-refractivity contribution in [3.63, 3.8) is 0 Å². The van der Waals surface area contributed by atoms with E-state index >= 15 is 0 Å². The molecule has 0 fully saturated rings. The predicted molar refractivity (Wildman–Crippen MR) is 65.9 cm³/mol. The fraction of sp³-hybridized carbons (Fsp3) is 0.154. The SMILES string of the molecule is OCc1cccc(OCc2ccccc2Cl)n1. The van der Waals surface area contributed by atoms with Gasteiger partial charge in [0.05, 0.1) is 12.3 Å². The van der Waals surface area contributed by atoms with Crippen molar-refractivity contribution in [3.8, 4) is 5.88 Å². The summed E-state index contributed by atoms with van der Waals surface area (Å²) < 4.78 is 5.51. The van der Waals surface area contributed by atoms with E-state index in [9.17, 15) is 0 Å². The molecule has 0 aliphatic carbocycles. The third-order valence-corrected chi connectivity index (χ3v) is 2.65. The first kappa shape index (κ1) is 11.9. The van der Waals surface area contributed by atoms with Crippen LogP contribution in [0.3, 0.4) is 0 Å². The molecule has 0 amide bonds. The van der Waals surface area contributed by atoms with E-state index in [1.165, 1.54) is 0 Å². The monoisotopic (exact) mass is 249 g/mol. The van der Waals surface area contributed by atoms with Crippen molar-refractivity contribution < 1.29 is 9.84 Å². The number of aliphatic hydroxyl groups excluding tert-OH is 1. The highest BCUT2D eigenvalue weighted by Crippen LogP contribution is 2.17. The summed E-state index contributed by atoms with van der Waals surface area (Å²) in [5.74, 6) is 0.483. The third-order valence-electron chi connectivity index (χ3n) is 2.28. The van der Waals surface area contributed by atoms with Gasteiger partial charge in [-0.05, 0) is 12.1 Å². The summed E-state index contributed by atoms with van der Waals surface area (Å²) in [5, 5.41) is 9.62.